The Morgan fingerprint density at radius 1 is 1.00 bits per heavy atom. The molecule has 0 amide bonds. The third-order valence-corrected chi connectivity index (χ3v) is 5.12. The molecule has 0 spiro atoms. The van der Waals surface area contributed by atoms with Crippen LogP contribution in [-0.4, -0.2) is 45.8 Å². The van der Waals surface area contributed by atoms with E-state index in [-0.39, 0.29) is 5.56 Å². The average molecular weight is 387 g/mol. The lowest BCUT2D eigenvalue weighted by Crippen LogP contribution is -2.43. The summed E-state index contributed by atoms with van der Waals surface area (Å²) in [6, 6.07) is 15.7. The highest BCUT2D eigenvalue weighted by atomic mass is 16.1. The summed E-state index contributed by atoms with van der Waals surface area (Å²) in [5.41, 5.74) is 5.22. The Bertz CT molecular complexity index is 1190. The molecule has 1 saturated heterocycles. The molecule has 5 rings (SSSR count). The number of H-pyrrole nitrogens is 1. The number of aromatic amines is 1. The van der Waals surface area contributed by atoms with E-state index in [1.807, 2.05) is 18.2 Å². The SMILES string of the molecule is O=c1cc(-c2ccc(Nc3ccc(N4CCNCC4)cc3)c3ncnn23)cc[nH]1. The number of pyridine rings is 2. The predicted molar refractivity (Wildman–Crippen MR) is 114 cm³/mol. The standard InChI is InChI=1S/C21H21N7O/c29-20-13-15(7-8-23-20)19-6-5-18(21-24-14-25-28(19)21)26-16-1-3-17(4-2-16)27-11-9-22-10-12-27/h1-8,13-14,22,26H,9-12H2,(H,23,29). The maximum Gasteiger partial charge on any atom is 0.248 e. The molecule has 1 fully saturated rings. The molecular formula is C21H21N7O. The Morgan fingerprint density at radius 2 is 1.83 bits per heavy atom. The molecule has 0 aliphatic carbocycles. The Labute approximate surface area is 167 Å². The van der Waals surface area contributed by atoms with Gasteiger partial charge in [0.25, 0.3) is 0 Å². The Kier molecular flexibility index (Phi) is 4.45. The topological polar surface area (TPSA) is 90.3 Å². The summed E-state index contributed by atoms with van der Waals surface area (Å²) in [5.74, 6) is 0. The van der Waals surface area contributed by atoms with Gasteiger partial charge in [-0.3, -0.25) is 4.79 Å². The predicted octanol–water partition coefficient (Wildman–Crippen LogP) is 2.24. The molecule has 1 aliphatic rings. The molecule has 0 bridgehead atoms. The van der Waals surface area contributed by atoms with Gasteiger partial charge in [-0.1, -0.05) is 0 Å². The van der Waals surface area contributed by atoms with E-state index < -0.39 is 0 Å². The van der Waals surface area contributed by atoms with Gasteiger partial charge in [0, 0.05) is 55.4 Å². The van der Waals surface area contributed by atoms with Crippen molar-refractivity contribution in [2.24, 2.45) is 0 Å². The summed E-state index contributed by atoms with van der Waals surface area (Å²) in [5, 5.41) is 11.1. The quantitative estimate of drug-likeness (QED) is 0.498. The van der Waals surface area contributed by atoms with Crippen LogP contribution in [0.3, 0.4) is 0 Å². The Morgan fingerprint density at radius 3 is 2.62 bits per heavy atom. The lowest BCUT2D eigenvalue weighted by Gasteiger charge is -2.29. The number of piperazine rings is 1. The maximum absolute atomic E-state index is 11.7. The number of aromatic nitrogens is 4. The Balaban J connectivity index is 1.43. The fourth-order valence-electron chi connectivity index (χ4n) is 3.66. The lowest BCUT2D eigenvalue weighted by atomic mass is 10.1. The van der Waals surface area contributed by atoms with Crippen molar-refractivity contribution >= 4 is 22.7 Å². The first-order valence-corrected chi connectivity index (χ1v) is 9.62. The third kappa shape index (κ3) is 3.45. The van der Waals surface area contributed by atoms with Crippen molar-refractivity contribution in [3.05, 3.63) is 71.4 Å². The highest BCUT2D eigenvalue weighted by Crippen LogP contribution is 2.27. The van der Waals surface area contributed by atoms with Gasteiger partial charge >= 0.3 is 0 Å². The zero-order valence-corrected chi connectivity index (χ0v) is 15.8. The largest absolute Gasteiger partial charge is 0.369 e. The Hall–Kier alpha value is -3.65. The van der Waals surface area contributed by atoms with Crippen LogP contribution in [-0.2, 0) is 0 Å². The van der Waals surface area contributed by atoms with Gasteiger partial charge in [0.1, 0.15) is 6.33 Å². The number of rotatable bonds is 4. The monoisotopic (exact) mass is 387 g/mol. The number of fused-ring (bicyclic) bond motifs is 1. The molecule has 0 radical (unpaired) electrons. The summed E-state index contributed by atoms with van der Waals surface area (Å²) in [6.07, 6.45) is 3.15. The number of anilines is 3. The molecule has 146 valence electrons. The molecule has 1 aromatic carbocycles. The van der Waals surface area contributed by atoms with Crippen molar-refractivity contribution in [3.8, 4) is 11.3 Å². The molecule has 1 aliphatic heterocycles. The van der Waals surface area contributed by atoms with E-state index in [0.29, 0.717) is 5.65 Å². The van der Waals surface area contributed by atoms with Crippen LogP contribution in [0.15, 0.2) is 65.8 Å². The first-order chi connectivity index (χ1) is 14.3. The first kappa shape index (κ1) is 17.4. The molecule has 4 heterocycles. The normalized spacial score (nSPS) is 14.3. The van der Waals surface area contributed by atoms with E-state index in [1.165, 1.54) is 12.0 Å². The van der Waals surface area contributed by atoms with Gasteiger partial charge in [0.15, 0.2) is 5.65 Å². The van der Waals surface area contributed by atoms with Crippen LogP contribution in [0.2, 0.25) is 0 Å². The van der Waals surface area contributed by atoms with Crippen molar-refractivity contribution in [2.45, 2.75) is 0 Å². The number of nitrogens with zero attached hydrogens (tertiary/aromatic N) is 4. The van der Waals surface area contributed by atoms with Gasteiger partial charge in [-0.25, -0.2) is 9.50 Å². The first-order valence-electron chi connectivity index (χ1n) is 9.62. The smallest absolute Gasteiger partial charge is 0.248 e. The fraction of sp³-hybridized carbons (Fsp3) is 0.190. The number of benzene rings is 1. The van der Waals surface area contributed by atoms with E-state index in [9.17, 15) is 4.79 Å². The minimum Gasteiger partial charge on any atom is -0.369 e. The molecule has 0 unspecified atom stereocenters. The summed E-state index contributed by atoms with van der Waals surface area (Å²) < 4.78 is 1.74. The van der Waals surface area contributed by atoms with Gasteiger partial charge in [-0.05, 0) is 42.5 Å². The van der Waals surface area contributed by atoms with Gasteiger partial charge in [-0.15, -0.1) is 0 Å². The number of nitrogens with one attached hydrogen (secondary N) is 3. The third-order valence-electron chi connectivity index (χ3n) is 5.12. The number of hydrogen-bond acceptors (Lipinski definition) is 6. The lowest BCUT2D eigenvalue weighted by molar-refractivity contribution is 0.589. The second-order valence-corrected chi connectivity index (χ2v) is 6.98. The molecule has 8 heteroatoms. The van der Waals surface area contributed by atoms with Gasteiger partial charge in [0.2, 0.25) is 5.56 Å². The van der Waals surface area contributed by atoms with Crippen LogP contribution in [0.4, 0.5) is 17.1 Å². The molecule has 29 heavy (non-hydrogen) atoms. The van der Waals surface area contributed by atoms with E-state index in [4.69, 9.17) is 0 Å². The van der Waals surface area contributed by atoms with Crippen LogP contribution >= 0.6 is 0 Å². The van der Waals surface area contributed by atoms with Crippen molar-refractivity contribution in [3.63, 3.8) is 0 Å². The minimum absolute atomic E-state index is 0.150. The van der Waals surface area contributed by atoms with Crippen LogP contribution < -0.4 is 21.1 Å². The highest BCUT2D eigenvalue weighted by Gasteiger charge is 2.12. The summed E-state index contributed by atoms with van der Waals surface area (Å²) in [7, 11) is 0. The van der Waals surface area contributed by atoms with E-state index in [0.717, 1.165) is 48.8 Å². The van der Waals surface area contributed by atoms with Gasteiger partial charge in [0.05, 0.1) is 11.4 Å². The van der Waals surface area contributed by atoms with Crippen LogP contribution in [0.5, 0.6) is 0 Å². The summed E-state index contributed by atoms with van der Waals surface area (Å²) in [6.45, 7) is 4.09. The van der Waals surface area contributed by atoms with E-state index in [1.54, 1.807) is 16.8 Å². The van der Waals surface area contributed by atoms with Crippen molar-refractivity contribution in [1.82, 2.24) is 24.9 Å². The molecular weight excluding hydrogens is 366 g/mol. The second kappa shape index (κ2) is 7.40. The number of hydrogen-bond donors (Lipinski definition) is 3. The van der Waals surface area contributed by atoms with Crippen LogP contribution in [0.1, 0.15) is 0 Å². The fourth-order valence-corrected chi connectivity index (χ4v) is 3.66. The van der Waals surface area contributed by atoms with E-state index in [2.05, 4.69) is 54.9 Å². The molecule has 4 aromatic rings. The summed E-state index contributed by atoms with van der Waals surface area (Å²) >= 11 is 0. The zero-order valence-electron chi connectivity index (χ0n) is 15.8. The molecule has 3 N–H and O–H groups in total. The average Bonchev–Trinajstić information content (AvgIpc) is 3.26. The zero-order chi connectivity index (χ0) is 19.6. The van der Waals surface area contributed by atoms with Crippen molar-refractivity contribution < 1.29 is 0 Å². The van der Waals surface area contributed by atoms with E-state index >= 15 is 0 Å². The van der Waals surface area contributed by atoms with Crippen LogP contribution in [0.25, 0.3) is 16.9 Å². The van der Waals surface area contributed by atoms with Crippen LogP contribution in [0, 0.1) is 0 Å². The van der Waals surface area contributed by atoms with Crippen molar-refractivity contribution in [2.75, 3.05) is 36.4 Å². The van der Waals surface area contributed by atoms with Gasteiger partial charge < -0.3 is 20.5 Å². The maximum atomic E-state index is 11.7. The molecule has 3 aromatic heterocycles. The highest BCUT2D eigenvalue weighted by molar-refractivity contribution is 5.77. The molecule has 0 atom stereocenters. The van der Waals surface area contributed by atoms with Crippen molar-refractivity contribution in [1.29, 1.82) is 0 Å². The molecule has 8 nitrogen and oxygen atoms in total. The van der Waals surface area contributed by atoms with Gasteiger partial charge in [-0.2, -0.15) is 5.10 Å². The molecule has 0 saturated carbocycles. The second-order valence-electron chi connectivity index (χ2n) is 6.98. The minimum atomic E-state index is -0.150. The summed E-state index contributed by atoms with van der Waals surface area (Å²) in [4.78, 5) is 21.1.